The first-order chi connectivity index (χ1) is 11.1. The summed E-state index contributed by atoms with van der Waals surface area (Å²) in [5, 5.41) is 15.2. The molecule has 3 rings (SSSR count). The highest BCUT2D eigenvalue weighted by Gasteiger charge is 2.27. The van der Waals surface area contributed by atoms with E-state index in [0.717, 1.165) is 24.8 Å². The van der Waals surface area contributed by atoms with Gasteiger partial charge in [-0.25, -0.2) is 4.79 Å². The van der Waals surface area contributed by atoms with Gasteiger partial charge in [-0.1, -0.05) is 48.9 Å². The van der Waals surface area contributed by atoms with E-state index in [1.54, 1.807) is 11.9 Å². The van der Waals surface area contributed by atoms with Gasteiger partial charge in [-0.3, -0.25) is 0 Å². The number of nitrogens with one attached hydrogen (secondary N) is 1. The van der Waals surface area contributed by atoms with E-state index in [2.05, 4.69) is 23.5 Å². The molecule has 4 heteroatoms. The molecule has 2 N–H and O–H groups in total. The summed E-state index contributed by atoms with van der Waals surface area (Å²) in [6, 6.07) is 14.2. The van der Waals surface area contributed by atoms with Gasteiger partial charge in [-0.15, -0.1) is 0 Å². The summed E-state index contributed by atoms with van der Waals surface area (Å²) >= 11 is 0. The van der Waals surface area contributed by atoms with E-state index in [1.165, 1.54) is 10.8 Å². The summed E-state index contributed by atoms with van der Waals surface area (Å²) in [5.74, 6) is 0.211. The van der Waals surface area contributed by atoms with Crippen molar-refractivity contribution in [3.63, 3.8) is 0 Å². The molecule has 1 aliphatic carbocycles. The summed E-state index contributed by atoms with van der Waals surface area (Å²) in [7, 11) is 1.80. The van der Waals surface area contributed by atoms with Gasteiger partial charge in [-0.05, 0) is 29.2 Å². The smallest absolute Gasteiger partial charge is 0.317 e. The molecule has 4 nitrogen and oxygen atoms in total. The van der Waals surface area contributed by atoms with Crippen LogP contribution in [-0.2, 0) is 6.54 Å². The Balaban J connectivity index is 1.59. The second-order valence-corrected chi connectivity index (χ2v) is 6.44. The lowest BCUT2D eigenvalue weighted by Crippen LogP contribution is -2.40. The molecule has 2 aromatic carbocycles. The van der Waals surface area contributed by atoms with Crippen molar-refractivity contribution in [3.8, 4) is 0 Å². The van der Waals surface area contributed by atoms with Gasteiger partial charge < -0.3 is 15.3 Å². The molecule has 0 aromatic heterocycles. The number of fused-ring (bicyclic) bond motifs is 1. The normalized spacial score (nSPS) is 20.6. The molecule has 0 heterocycles. The molecule has 2 atom stereocenters. The quantitative estimate of drug-likeness (QED) is 0.911. The van der Waals surface area contributed by atoms with Crippen LogP contribution in [0.4, 0.5) is 4.79 Å². The zero-order valence-electron chi connectivity index (χ0n) is 13.5. The van der Waals surface area contributed by atoms with E-state index in [0.29, 0.717) is 13.1 Å². The second-order valence-electron chi connectivity index (χ2n) is 6.44. The van der Waals surface area contributed by atoms with Gasteiger partial charge in [0.15, 0.2) is 0 Å². The van der Waals surface area contributed by atoms with Gasteiger partial charge in [0.1, 0.15) is 0 Å². The van der Waals surface area contributed by atoms with Crippen molar-refractivity contribution >= 4 is 16.8 Å². The molecule has 0 radical (unpaired) electrons. The number of hydrogen-bond acceptors (Lipinski definition) is 2. The molecular weight excluding hydrogens is 288 g/mol. The molecule has 0 aliphatic heterocycles. The van der Waals surface area contributed by atoms with Gasteiger partial charge in [-0.2, -0.15) is 0 Å². The van der Waals surface area contributed by atoms with Crippen molar-refractivity contribution in [1.29, 1.82) is 0 Å². The molecule has 1 aliphatic rings. The van der Waals surface area contributed by atoms with E-state index in [-0.39, 0.29) is 18.1 Å². The number of rotatable bonds is 4. The van der Waals surface area contributed by atoms with Crippen LogP contribution in [0.2, 0.25) is 0 Å². The molecule has 122 valence electrons. The number of carbonyl (C=O) groups excluding carboxylic acids is 1. The van der Waals surface area contributed by atoms with Crippen LogP contribution in [0.25, 0.3) is 10.8 Å². The number of aliphatic hydroxyl groups excluding tert-OH is 1. The molecule has 0 saturated heterocycles. The highest BCUT2D eigenvalue weighted by Crippen LogP contribution is 2.26. The maximum atomic E-state index is 12.3. The Bertz CT molecular complexity index is 681. The van der Waals surface area contributed by atoms with E-state index < -0.39 is 0 Å². The average molecular weight is 312 g/mol. The fourth-order valence-corrected chi connectivity index (χ4v) is 3.42. The predicted molar refractivity (Wildman–Crippen MR) is 92.2 cm³/mol. The van der Waals surface area contributed by atoms with Gasteiger partial charge in [0.25, 0.3) is 0 Å². The van der Waals surface area contributed by atoms with Crippen molar-refractivity contribution < 1.29 is 9.90 Å². The zero-order valence-corrected chi connectivity index (χ0v) is 13.5. The Labute approximate surface area is 137 Å². The summed E-state index contributed by atoms with van der Waals surface area (Å²) in [5.41, 5.74) is 1.12. The molecular formula is C19H24N2O2. The van der Waals surface area contributed by atoms with Crippen molar-refractivity contribution in [2.45, 2.75) is 31.9 Å². The first kappa shape index (κ1) is 15.8. The third-order valence-electron chi connectivity index (χ3n) is 4.78. The lowest BCUT2D eigenvalue weighted by molar-refractivity contribution is 0.114. The van der Waals surface area contributed by atoms with Crippen LogP contribution in [-0.4, -0.2) is 35.7 Å². The average Bonchev–Trinajstić information content (AvgIpc) is 2.97. The number of benzene rings is 2. The maximum absolute atomic E-state index is 12.3. The van der Waals surface area contributed by atoms with Gasteiger partial charge >= 0.3 is 6.03 Å². The Hall–Kier alpha value is -2.07. The van der Waals surface area contributed by atoms with E-state index in [4.69, 9.17) is 0 Å². The molecule has 0 spiro atoms. The minimum absolute atomic E-state index is 0.0861. The molecule has 2 unspecified atom stereocenters. The van der Waals surface area contributed by atoms with Crippen molar-refractivity contribution in [2.75, 3.05) is 13.6 Å². The van der Waals surface area contributed by atoms with Crippen LogP contribution >= 0.6 is 0 Å². The predicted octanol–water partition coefficient (Wildman–Crippen LogP) is 3.14. The minimum Gasteiger partial charge on any atom is -0.393 e. The lowest BCUT2D eigenvalue weighted by atomic mass is 10.0. The van der Waals surface area contributed by atoms with E-state index in [9.17, 15) is 9.90 Å². The lowest BCUT2D eigenvalue weighted by Gasteiger charge is -2.23. The highest BCUT2D eigenvalue weighted by atomic mass is 16.3. The zero-order chi connectivity index (χ0) is 16.2. The van der Waals surface area contributed by atoms with Gasteiger partial charge in [0.2, 0.25) is 0 Å². The number of urea groups is 1. The van der Waals surface area contributed by atoms with Crippen molar-refractivity contribution in [2.24, 2.45) is 5.92 Å². The first-order valence-electron chi connectivity index (χ1n) is 8.29. The number of hydrogen-bond donors (Lipinski definition) is 2. The molecule has 2 aromatic rings. The number of nitrogens with zero attached hydrogens (tertiary/aromatic N) is 1. The van der Waals surface area contributed by atoms with Crippen LogP contribution in [0.15, 0.2) is 42.5 Å². The number of amides is 2. The fourth-order valence-electron chi connectivity index (χ4n) is 3.42. The Morgan fingerprint density at radius 1 is 1.22 bits per heavy atom. The van der Waals surface area contributed by atoms with Gasteiger partial charge in [0, 0.05) is 26.1 Å². The van der Waals surface area contributed by atoms with Crippen molar-refractivity contribution in [3.05, 3.63) is 48.0 Å². The van der Waals surface area contributed by atoms with Crippen LogP contribution in [0, 0.1) is 5.92 Å². The van der Waals surface area contributed by atoms with Crippen LogP contribution in [0.5, 0.6) is 0 Å². The largest absolute Gasteiger partial charge is 0.393 e. The summed E-state index contributed by atoms with van der Waals surface area (Å²) in [6.45, 7) is 1.13. The molecule has 1 fully saturated rings. The Kier molecular flexibility index (Phi) is 4.82. The number of aliphatic hydroxyl groups is 1. The number of carbonyl (C=O) groups is 1. The summed E-state index contributed by atoms with van der Waals surface area (Å²) in [6.07, 6.45) is 2.65. The van der Waals surface area contributed by atoms with Crippen LogP contribution < -0.4 is 5.32 Å². The van der Waals surface area contributed by atoms with Crippen molar-refractivity contribution in [1.82, 2.24) is 10.2 Å². The SMILES string of the molecule is CN(CC1CCCC1O)C(=O)NCc1cccc2ccccc12. The minimum atomic E-state index is -0.261. The summed E-state index contributed by atoms with van der Waals surface area (Å²) in [4.78, 5) is 14.0. The Morgan fingerprint density at radius 2 is 2.00 bits per heavy atom. The van der Waals surface area contributed by atoms with E-state index >= 15 is 0 Å². The molecule has 23 heavy (non-hydrogen) atoms. The second kappa shape index (κ2) is 7.01. The standard InChI is InChI=1S/C19H24N2O2/c1-21(13-16-9-5-11-18(16)22)19(23)20-12-15-8-4-7-14-6-2-3-10-17(14)15/h2-4,6-8,10,16,18,22H,5,9,11-13H2,1H3,(H,20,23). The molecule has 2 amide bonds. The third kappa shape index (κ3) is 3.64. The van der Waals surface area contributed by atoms with E-state index in [1.807, 2.05) is 24.3 Å². The summed E-state index contributed by atoms with van der Waals surface area (Å²) < 4.78 is 0. The van der Waals surface area contributed by atoms with Crippen LogP contribution in [0.1, 0.15) is 24.8 Å². The van der Waals surface area contributed by atoms with Gasteiger partial charge in [0.05, 0.1) is 6.10 Å². The third-order valence-corrected chi connectivity index (χ3v) is 4.78. The molecule has 0 bridgehead atoms. The molecule has 1 saturated carbocycles. The fraction of sp³-hybridized carbons (Fsp3) is 0.421. The van der Waals surface area contributed by atoms with Crippen LogP contribution in [0.3, 0.4) is 0 Å². The highest BCUT2D eigenvalue weighted by molar-refractivity contribution is 5.86. The Morgan fingerprint density at radius 3 is 2.78 bits per heavy atom. The topological polar surface area (TPSA) is 52.6 Å². The monoisotopic (exact) mass is 312 g/mol. The maximum Gasteiger partial charge on any atom is 0.317 e. The first-order valence-corrected chi connectivity index (χ1v) is 8.29.